The summed E-state index contributed by atoms with van der Waals surface area (Å²) < 4.78 is 16.9. The molecule has 0 radical (unpaired) electrons. The van der Waals surface area contributed by atoms with Gasteiger partial charge in [-0.15, -0.1) is 0 Å². The van der Waals surface area contributed by atoms with Gasteiger partial charge in [0, 0.05) is 19.3 Å². The predicted octanol–water partition coefficient (Wildman–Crippen LogP) is 19.5. The molecule has 6 nitrogen and oxygen atoms in total. The van der Waals surface area contributed by atoms with Crippen molar-refractivity contribution in [3.8, 4) is 0 Å². The average molecular weight is 930 g/mol. The molecule has 0 fully saturated rings. The Morgan fingerprint density at radius 2 is 0.500 bits per heavy atom. The predicted molar refractivity (Wildman–Crippen MR) is 284 cm³/mol. The molecule has 0 spiro atoms. The summed E-state index contributed by atoms with van der Waals surface area (Å²) in [6.07, 6.45) is 64.5. The van der Waals surface area contributed by atoms with Gasteiger partial charge in [-0.2, -0.15) is 0 Å². The molecule has 0 aromatic heterocycles. The van der Waals surface area contributed by atoms with Crippen molar-refractivity contribution < 1.29 is 28.6 Å². The number of ether oxygens (including phenoxy) is 3. The zero-order valence-corrected chi connectivity index (χ0v) is 44.5. The van der Waals surface area contributed by atoms with E-state index in [0.717, 1.165) is 57.8 Å². The van der Waals surface area contributed by atoms with E-state index < -0.39 is 6.10 Å². The van der Waals surface area contributed by atoms with E-state index in [2.05, 4.69) is 45.1 Å². The van der Waals surface area contributed by atoms with Crippen LogP contribution in [0.5, 0.6) is 0 Å². The third-order valence-corrected chi connectivity index (χ3v) is 13.2. The van der Waals surface area contributed by atoms with Crippen LogP contribution in [-0.4, -0.2) is 37.2 Å². The van der Waals surface area contributed by atoms with E-state index in [1.165, 1.54) is 225 Å². The molecular formula is C60H112O6. The second-order valence-electron chi connectivity index (χ2n) is 19.9. The Morgan fingerprint density at radius 1 is 0.288 bits per heavy atom. The lowest BCUT2D eigenvalue weighted by atomic mass is 10.0. The fraction of sp³-hybridized carbons (Fsp3) is 0.883. The van der Waals surface area contributed by atoms with Crippen molar-refractivity contribution in [2.24, 2.45) is 0 Å². The molecule has 0 unspecified atom stereocenters. The molecule has 0 aliphatic rings. The Bertz CT molecular complexity index is 1070. The van der Waals surface area contributed by atoms with Gasteiger partial charge in [-0.05, 0) is 70.6 Å². The highest BCUT2D eigenvalue weighted by Crippen LogP contribution is 2.16. The Hall–Kier alpha value is -2.11. The minimum atomic E-state index is -0.771. The van der Waals surface area contributed by atoms with Crippen LogP contribution in [0.25, 0.3) is 0 Å². The molecule has 0 rings (SSSR count). The van der Waals surface area contributed by atoms with Gasteiger partial charge in [-0.3, -0.25) is 14.4 Å². The lowest BCUT2D eigenvalue weighted by Crippen LogP contribution is -2.30. The Labute approximate surface area is 411 Å². The van der Waals surface area contributed by atoms with Gasteiger partial charge in [0.05, 0.1) is 0 Å². The smallest absolute Gasteiger partial charge is 0.306 e. The molecule has 1 atom stereocenters. The van der Waals surface area contributed by atoms with Crippen LogP contribution in [0.1, 0.15) is 323 Å². The second-order valence-corrected chi connectivity index (χ2v) is 19.9. The molecule has 0 heterocycles. The normalized spacial score (nSPS) is 12.1. The van der Waals surface area contributed by atoms with E-state index in [1.54, 1.807) is 0 Å². The lowest BCUT2D eigenvalue weighted by molar-refractivity contribution is -0.167. The Morgan fingerprint density at radius 3 is 0.758 bits per heavy atom. The maximum Gasteiger partial charge on any atom is 0.306 e. The van der Waals surface area contributed by atoms with Gasteiger partial charge in [-0.1, -0.05) is 257 Å². The summed E-state index contributed by atoms with van der Waals surface area (Å²) in [4.78, 5) is 38.2. The van der Waals surface area contributed by atoms with Crippen LogP contribution in [0, 0.1) is 0 Å². The van der Waals surface area contributed by atoms with E-state index >= 15 is 0 Å². The summed E-state index contributed by atoms with van der Waals surface area (Å²) in [6, 6.07) is 0. The third-order valence-electron chi connectivity index (χ3n) is 13.2. The number of hydrogen-bond acceptors (Lipinski definition) is 6. The fourth-order valence-corrected chi connectivity index (χ4v) is 8.73. The first kappa shape index (κ1) is 63.9. The van der Waals surface area contributed by atoms with Gasteiger partial charge in [0.25, 0.3) is 0 Å². The van der Waals surface area contributed by atoms with Crippen LogP contribution < -0.4 is 0 Å². The fourth-order valence-electron chi connectivity index (χ4n) is 8.73. The van der Waals surface area contributed by atoms with Crippen LogP contribution >= 0.6 is 0 Å². The molecule has 6 heteroatoms. The molecule has 66 heavy (non-hydrogen) atoms. The van der Waals surface area contributed by atoms with Crippen molar-refractivity contribution in [2.45, 2.75) is 329 Å². The van der Waals surface area contributed by atoms with Crippen molar-refractivity contribution in [1.29, 1.82) is 0 Å². The largest absolute Gasteiger partial charge is 0.462 e. The Balaban J connectivity index is 4.34. The third kappa shape index (κ3) is 52.9. The Kier molecular flexibility index (Phi) is 53.7. The number of esters is 3. The monoisotopic (exact) mass is 929 g/mol. The van der Waals surface area contributed by atoms with Gasteiger partial charge in [0.15, 0.2) is 6.10 Å². The van der Waals surface area contributed by atoms with Crippen molar-refractivity contribution >= 4 is 17.9 Å². The lowest BCUT2D eigenvalue weighted by Gasteiger charge is -2.18. The van der Waals surface area contributed by atoms with Gasteiger partial charge < -0.3 is 14.2 Å². The topological polar surface area (TPSA) is 78.9 Å². The molecule has 0 saturated carbocycles. The maximum atomic E-state index is 12.9. The van der Waals surface area contributed by atoms with E-state index in [-0.39, 0.29) is 31.1 Å². The van der Waals surface area contributed by atoms with Gasteiger partial charge in [0.2, 0.25) is 0 Å². The number of carbonyl (C=O) groups excluding carboxylic acids is 3. The van der Waals surface area contributed by atoms with Crippen molar-refractivity contribution in [3.05, 3.63) is 24.3 Å². The zero-order valence-electron chi connectivity index (χ0n) is 44.5. The van der Waals surface area contributed by atoms with E-state index in [4.69, 9.17) is 14.2 Å². The first-order valence-corrected chi connectivity index (χ1v) is 29.3. The summed E-state index contributed by atoms with van der Waals surface area (Å²) >= 11 is 0. The molecule has 0 aromatic carbocycles. The van der Waals surface area contributed by atoms with Crippen LogP contribution in [-0.2, 0) is 28.6 Å². The summed E-state index contributed by atoms with van der Waals surface area (Å²) in [5.74, 6) is -0.858. The van der Waals surface area contributed by atoms with Crippen LogP contribution in [0.15, 0.2) is 24.3 Å². The number of allylic oxidation sites excluding steroid dienone is 4. The summed E-state index contributed by atoms with van der Waals surface area (Å²) in [5, 5.41) is 0. The standard InChI is InChI=1S/C60H112O6/c1-4-7-10-13-16-19-22-25-28-30-32-35-38-41-44-47-50-53-59(62)65-56-57(55-64-58(61)52-49-46-43-40-37-34-27-24-21-18-15-12-9-6-3)66-60(63)54-51-48-45-42-39-36-33-31-29-26-23-20-17-14-11-8-5-2/h25-26,28-29,57H,4-24,27,30-56H2,1-3H3/b28-25-,29-26-/t57-/m1/s1. The number of carbonyl (C=O) groups is 3. The quantitative estimate of drug-likeness (QED) is 0.0262. The minimum Gasteiger partial charge on any atom is -0.462 e. The number of hydrogen-bond donors (Lipinski definition) is 0. The molecule has 0 aromatic rings. The van der Waals surface area contributed by atoms with Crippen LogP contribution in [0.3, 0.4) is 0 Å². The molecule has 0 aliphatic heterocycles. The van der Waals surface area contributed by atoms with Gasteiger partial charge in [0.1, 0.15) is 13.2 Å². The molecular weight excluding hydrogens is 817 g/mol. The van der Waals surface area contributed by atoms with Gasteiger partial charge >= 0.3 is 17.9 Å². The summed E-state index contributed by atoms with van der Waals surface area (Å²) in [6.45, 7) is 6.67. The summed E-state index contributed by atoms with van der Waals surface area (Å²) in [5.41, 5.74) is 0. The molecule has 0 aliphatic carbocycles. The van der Waals surface area contributed by atoms with Crippen molar-refractivity contribution in [3.63, 3.8) is 0 Å². The SMILES string of the molecule is CCCCCCCC/C=C\CCCCCCCCCC(=O)OC[C@@H](COC(=O)CCCCCCCCCCCCCCCC)OC(=O)CCCCCCCCC/C=C\CCCCCCCC. The van der Waals surface area contributed by atoms with Gasteiger partial charge in [-0.25, -0.2) is 0 Å². The first-order valence-electron chi connectivity index (χ1n) is 29.3. The highest BCUT2D eigenvalue weighted by atomic mass is 16.6. The number of unbranched alkanes of at least 4 members (excludes halogenated alkanes) is 39. The second kappa shape index (κ2) is 55.5. The molecule has 388 valence electrons. The molecule has 0 saturated heterocycles. The highest BCUT2D eigenvalue weighted by molar-refractivity contribution is 5.71. The molecule has 0 amide bonds. The number of rotatable bonds is 54. The average Bonchev–Trinajstić information content (AvgIpc) is 3.31. The van der Waals surface area contributed by atoms with E-state index in [0.29, 0.717) is 19.3 Å². The van der Waals surface area contributed by atoms with E-state index in [9.17, 15) is 14.4 Å². The molecule has 0 bridgehead atoms. The summed E-state index contributed by atoms with van der Waals surface area (Å²) in [7, 11) is 0. The van der Waals surface area contributed by atoms with Crippen LogP contribution in [0.4, 0.5) is 0 Å². The van der Waals surface area contributed by atoms with E-state index in [1.807, 2.05) is 0 Å². The maximum absolute atomic E-state index is 12.9. The minimum absolute atomic E-state index is 0.0698. The van der Waals surface area contributed by atoms with Crippen LogP contribution in [0.2, 0.25) is 0 Å². The molecule has 0 N–H and O–H groups in total. The highest BCUT2D eigenvalue weighted by Gasteiger charge is 2.19. The zero-order chi connectivity index (χ0) is 47.9. The van der Waals surface area contributed by atoms with Crippen molar-refractivity contribution in [1.82, 2.24) is 0 Å². The first-order chi connectivity index (χ1) is 32.5. The van der Waals surface area contributed by atoms with Crippen molar-refractivity contribution in [2.75, 3.05) is 13.2 Å².